The van der Waals surface area contributed by atoms with Crippen LogP contribution in [0.5, 0.6) is 0 Å². The van der Waals surface area contributed by atoms with Crippen molar-refractivity contribution < 1.29 is 9.18 Å². The number of para-hydroxylation sites is 1. The van der Waals surface area contributed by atoms with Gasteiger partial charge in [0.25, 0.3) is 0 Å². The number of carbonyl (C=O) groups is 1. The lowest BCUT2D eigenvalue weighted by Gasteiger charge is -2.39. The van der Waals surface area contributed by atoms with Gasteiger partial charge in [0.05, 0.1) is 5.69 Å². The normalized spacial score (nSPS) is 18.3. The number of amides is 2. The van der Waals surface area contributed by atoms with Crippen LogP contribution >= 0.6 is 0 Å². The molecule has 0 aromatic heterocycles. The first-order chi connectivity index (χ1) is 15.4. The van der Waals surface area contributed by atoms with Crippen LogP contribution < -0.4 is 10.2 Å². The van der Waals surface area contributed by atoms with Crippen molar-refractivity contribution in [3.63, 3.8) is 0 Å². The molecule has 32 heavy (non-hydrogen) atoms. The molecule has 2 aliphatic heterocycles. The molecule has 0 aliphatic carbocycles. The minimum Gasteiger partial charge on any atom is -0.367 e. The van der Waals surface area contributed by atoms with Gasteiger partial charge in [0, 0.05) is 45.3 Å². The Bertz CT molecular complexity index is 931. The molecule has 2 aliphatic rings. The van der Waals surface area contributed by atoms with Crippen molar-refractivity contribution in [2.75, 3.05) is 49.5 Å². The van der Waals surface area contributed by atoms with E-state index in [0.29, 0.717) is 30.7 Å². The highest BCUT2D eigenvalue weighted by Gasteiger charge is 2.27. The standard InChI is InChI=1S/C26H35FN4O/c1-19(2)29-14-16-30(17-15-29)24-9-5-8-23(27)25(24)28-26(32)31-12-10-21(11-13-31)22-7-4-6-20(3)18-22/h4-9,18-19,21H,10-17H2,1-3H3,(H,28,32). The predicted molar refractivity (Wildman–Crippen MR) is 129 cm³/mol. The lowest BCUT2D eigenvalue weighted by molar-refractivity contribution is 0.194. The number of piperidine rings is 1. The molecule has 172 valence electrons. The van der Waals surface area contributed by atoms with Gasteiger partial charge in [0.1, 0.15) is 11.5 Å². The van der Waals surface area contributed by atoms with E-state index in [2.05, 4.69) is 60.2 Å². The summed E-state index contributed by atoms with van der Waals surface area (Å²) in [4.78, 5) is 19.4. The van der Waals surface area contributed by atoms with Gasteiger partial charge in [0.15, 0.2) is 0 Å². The number of rotatable bonds is 4. The summed E-state index contributed by atoms with van der Waals surface area (Å²) in [6, 6.07) is 14.0. The molecule has 6 heteroatoms. The van der Waals surface area contributed by atoms with Crippen molar-refractivity contribution in [3.05, 3.63) is 59.4 Å². The number of nitrogens with zero attached hydrogens (tertiary/aromatic N) is 3. The predicted octanol–water partition coefficient (Wildman–Crippen LogP) is 5.08. The first-order valence-corrected chi connectivity index (χ1v) is 11.8. The minimum atomic E-state index is -0.378. The Labute approximate surface area is 191 Å². The van der Waals surface area contributed by atoms with Gasteiger partial charge < -0.3 is 15.1 Å². The first-order valence-electron chi connectivity index (χ1n) is 11.8. The Morgan fingerprint density at radius 1 is 1.00 bits per heavy atom. The lowest BCUT2D eigenvalue weighted by atomic mass is 9.89. The van der Waals surface area contributed by atoms with Gasteiger partial charge in [-0.1, -0.05) is 35.9 Å². The lowest BCUT2D eigenvalue weighted by Crippen LogP contribution is -2.49. The number of aryl methyl sites for hydroxylation is 1. The summed E-state index contributed by atoms with van der Waals surface area (Å²) in [5.41, 5.74) is 3.69. The summed E-state index contributed by atoms with van der Waals surface area (Å²) >= 11 is 0. The number of anilines is 2. The molecule has 2 aromatic rings. The van der Waals surface area contributed by atoms with Crippen LogP contribution in [0.1, 0.15) is 43.7 Å². The largest absolute Gasteiger partial charge is 0.367 e. The molecule has 0 saturated carbocycles. The molecule has 2 heterocycles. The highest BCUT2D eigenvalue weighted by molar-refractivity contribution is 5.93. The van der Waals surface area contributed by atoms with Gasteiger partial charge >= 0.3 is 6.03 Å². The molecule has 0 atom stereocenters. The molecular formula is C26H35FN4O. The Hall–Kier alpha value is -2.60. The minimum absolute atomic E-state index is 0.208. The van der Waals surface area contributed by atoms with Crippen LogP contribution in [0.25, 0.3) is 0 Å². The Balaban J connectivity index is 1.40. The van der Waals surface area contributed by atoms with Crippen molar-refractivity contribution >= 4 is 17.4 Å². The maximum absolute atomic E-state index is 14.8. The fourth-order valence-corrected chi connectivity index (χ4v) is 4.91. The zero-order valence-corrected chi connectivity index (χ0v) is 19.5. The van der Waals surface area contributed by atoms with E-state index in [-0.39, 0.29) is 11.8 Å². The molecule has 2 fully saturated rings. The second-order valence-electron chi connectivity index (χ2n) is 9.36. The Morgan fingerprint density at radius 3 is 2.34 bits per heavy atom. The van der Waals surface area contributed by atoms with E-state index in [4.69, 9.17) is 0 Å². The molecule has 2 aromatic carbocycles. The SMILES string of the molecule is Cc1cccc(C2CCN(C(=O)Nc3c(F)cccc3N3CCN(C(C)C)CC3)CC2)c1. The van der Waals surface area contributed by atoms with Crippen LogP contribution in [0, 0.1) is 12.7 Å². The van der Waals surface area contributed by atoms with E-state index < -0.39 is 0 Å². The molecule has 0 radical (unpaired) electrons. The second kappa shape index (κ2) is 9.90. The average Bonchev–Trinajstić information content (AvgIpc) is 2.80. The van der Waals surface area contributed by atoms with Crippen LogP contribution in [0.3, 0.4) is 0 Å². The molecule has 5 nitrogen and oxygen atoms in total. The monoisotopic (exact) mass is 438 g/mol. The van der Waals surface area contributed by atoms with Crippen LogP contribution in [0.15, 0.2) is 42.5 Å². The van der Waals surface area contributed by atoms with Gasteiger partial charge in [0.2, 0.25) is 0 Å². The fraction of sp³-hybridized carbons (Fsp3) is 0.500. The number of piperazine rings is 1. The number of likely N-dealkylation sites (tertiary alicyclic amines) is 1. The Kier molecular flexibility index (Phi) is 6.99. The third-order valence-corrected chi connectivity index (χ3v) is 6.90. The maximum Gasteiger partial charge on any atom is 0.321 e. The van der Waals surface area contributed by atoms with E-state index in [1.807, 2.05) is 11.0 Å². The molecule has 0 bridgehead atoms. The highest BCUT2D eigenvalue weighted by Crippen LogP contribution is 2.32. The van der Waals surface area contributed by atoms with Crippen LogP contribution in [0.2, 0.25) is 0 Å². The average molecular weight is 439 g/mol. The van der Waals surface area contributed by atoms with Crippen LogP contribution in [-0.2, 0) is 0 Å². The zero-order chi connectivity index (χ0) is 22.7. The van der Waals surface area contributed by atoms with Crippen molar-refractivity contribution in [1.29, 1.82) is 0 Å². The summed E-state index contributed by atoms with van der Waals surface area (Å²) in [7, 11) is 0. The number of carbonyl (C=O) groups excluding carboxylic acids is 1. The smallest absolute Gasteiger partial charge is 0.321 e. The van der Waals surface area contributed by atoms with Crippen molar-refractivity contribution in [2.45, 2.75) is 45.6 Å². The van der Waals surface area contributed by atoms with Gasteiger partial charge in [-0.25, -0.2) is 9.18 Å². The molecule has 2 saturated heterocycles. The van der Waals surface area contributed by atoms with Crippen molar-refractivity contribution in [2.24, 2.45) is 0 Å². The summed E-state index contributed by atoms with van der Waals surface area (Å²) < 4.78 is 14.8. The quantitative estimate of drug-likeness (QED) is 0.724. The van der Waals surface area contributed by atoms with Gasteiger partial charge in [-0.15, -0.1) is 0 Å². The zero-order valence-electron chi connectivity index (χ0n) is 19.5. The molecule has 0 spiro atoms. The van der Waals surface area contributed by atoms with Crippen LogP contribution in [0.4, 0.5) is 20.6 Å². The number of hydrogen-bond donors (Lipinski definition) is 1. The summed E-state index contributed by atoms with van der Waals surface area (Å²) in [5.74, 6) is 0.0945. The maximum atomic E-state index is 14.8. The molecule has 0 unspecified atom stereocenters. The summed E-state index contributed by atoms with van der Waals surface area (Å²) in [6.45, 7) is 11.4. The summed E-state index contributed by atoms with van der Waals surface area (Å²) in [6.07, 6.45) is 1.86. The molecule has 4 rings (SSSR count). The highest BCUT2D eigenvalue weighted by atomic mass is 19.1. The van der Waals surface area contributed by atoms with E-state index >= 15 is 0 Å². The summed E-state index contributed by atoms with van der Waals surface area (Å²) in [5, 5.41) is 2.90. The number of hydrogen-bond acceptors (Lipinski definition) is 3. The Morgan fingerprint density at radius 2 is 1.69 bits per heavy atom. The number of nitrogens with one attached hydrogen (secondary N) is 1. The second-order valence-corrected chi connectivity index (χ2v) is 9.36. The van der Waals surface area contributed by atoms with E-state index in [9.17, 15) is 9.18 Å². The van der Waals surface area contributed by atoms with E-state index in [1.165, 1.54) is 17.2 Å². The third kappa shape index (κ3) is 5.07. The number of halogens is 1. The van der Waals surface area contributed by atoms with E-state index in [0.717, 1.165) is 44.7 Å². The van der Waals surface area contributed by atoms with Crippen molar-refractivity contribution in [1.82, 2.24) is 9.80 Å². The van der Waals surface area contributed by atoms with Gasteiger partial charge in [-0.3, -0.25) is 4.90 Å². The number of benzene rings is 2. The molecule has 2 amide bonds. The van der Waals surface area contributed by atoms with Gasteiger partial charge in [-0.2, -0.15) is 0 Å². The fourth-order valence-electron chi connectivity index (χ4n) is 4.91. The topological polar surface area (TPSA) is 38.8 Å². The molecule has 1 N–H and O–H groups in total. The van der Waals surface area contributed by atoms with Gasteiger partial charge in [-0.05, 0) is 57.2 Å². The first kappa shape index (κ1) is 22.6. The third-order valence-electron chi connectivity index (χ3n) is 6.90. The number of urea groups is 1. The molecular weight excluding hydrogens is 403 g/mol. The van der Waals surface area contributed by atoms with E-state index in [1.54, 1.807) is 6.07 Å². The van der Waals surface area contributed by atoms with Crippen molar-refractivity contribution in [3.8, 4) is 0 Å². The van der Waals surface area contributed by atoms with Crippen LogP contribution in [-0.4, -0.2) is 61.1 Å².